The van der Waals surface area contributed by atoms with Gasteiger partial charge in [-0.3, -0.25) is 9.59 Å². The summed E-state index contributed by atoms with van der Waals surface area (Å²) in [7, 11) is 0. The van der Waals surface area contributed by atoms with E-state index >= 15 is 0 Å². The number of ether oxygens (including phenoxy) is 1. The highest BCUT2D eigenvalue weighted by Crippen LogP contribution is 2.32. The molecule has 3 atom stereocenters. The second-order valence-corrected chi connectivity index (χ2v) is 6.04. The summed E-state index contributed by atoms with van der Waals surface area (Å²) in [5.41, 5.74) is -0.838. The molecule has 0 aliphatic heterocycles. The Bertz CT molecular complexity index is 484. The molecule has 0 aromatic heterocycles. The van der Waals surface area contributed by atoms with Gasteiger partial charge in [-0.25, -0.2) is 0 Å². The molecule has 23 heavy (non-hydrogen) atoms. The molecular formula is C16H22F3NO3. The van der Waals surface area contributed by atoms with Crippen LogP contribution in [0.4, 0.5) is 13.2 Å². The monoisotopic (exact) mass is 333 g/mol. The number of amides is 1. The van der Waals surface area contributed by atoms with Gasteiger partial charge >= 0.3 is 12.1 Å². The first-order valence-electron chi connectivity index (χ1n) is 7.65. The van der Waals surface area contributed by atoms with Crippen molar-refractivity contribution < 1.29 is 27.5 Å². The Hall–Kier alpha value is -1.71. The lowest BCUT2D eigenvalue weighted by molar-refractivity contribution is -0.191. The average molecular weight is 333 g/mol. The first kappa shape index (κ1) is 19.3. The molecule has 1 aliphatic carbocycles. The average Bonchev–Trinajstić information content (AvgIpc) is 2.51. The Morgan fingerprint density at radius 3 is 2.30 bits per heavy atom. The zero-order chi connectivity index (χ0) is 17.7. The summed E-state index contributed by atoms with van der Waals surface area (Å²) in [6.07, 6.45) is 3.52. The molecule has 1 N–H and O–H groups in total. The maximum Gasteiger partial charge on any atom is 0.422 e. The van der Waals surface area contributed by atoms with Crippen molar-refractivity contribution in [1.29, 1.82) is 0 Å². The van der Waals surface area contributed by atoms with Gasteiger partial charge in [-0.1, -0.05) is 25.7 Å². The van der Waals surface area contributed by atoms with Crippen molar-refractivity contribution in [2.45, 2.75) is 57.7 Å². The predicted octanol–water partition coefficient (Wildman–Crippen LogP) is 2.82. The summed E-state index contributed by atoms with van der Waals surface area (Å²) in [5.74, 6) is -0.444. The molecule has 7 heteroatoms. The van der Waals surface area contributed by atoms with Crippen molar-refractivity contribution in [1.82, 2.24) is 5.32 Å². The molecule has 4 nitrogen and oxygen atoms in total. The van der Waals surface area contributed by atoms with Crippen LogP contribution in [0.3, 0.4) is 0 Å². The highest BCUT2D eigenvalue weighted by Gasteiger charge is 2.40. The van der Waals surface area contributed by atoms with E-state index in [1.807, 2.05) is 6.92 Å². The quantitative estimate of drug-likeness (QED) is 0.622. The van der Waals surface area contributed by atoms with Crippen LogP contribution in [-0.2, 0) is 14.3 Å². The van der Waals surface area contributed by atoms with E-state index in [2.05, 4.69) is 16.0 Å². The smallest absolute Gasteiger partial charge is 0.422 e. The minimum absolute atomic E-state index is 0.341. The van der Waals surface area contributed by atoms with Crippen molar-refractivity contribution in [3.8, 4) is 12.3 Å². The van der Waals surface area contributed by atoms with Crippen LogP contribution >= 0.6 is 0 Å². The standard InChI is InChI=1S/C16H22F3NO3/c1-4-15(3,5-2)20-13(21)11-8-6-7-9-12(11)14(22)23-10-16(17,18)19/h1,11-12H,5-10H2,2-3H3,(H,20,21)/t11-,12+,15+/m1/s1. The molecule has 0 aromatic carbocycles. The lowest BCUT2D eigenvalue weighted by atomic mass is 9.78. The summed E-state index contributed by atoms with van der Waals surface area (Å²) in [6, 6.07) is 0. The van der Waals surface area contributed by atoms with Gasteiger partial charge in [0.1, 0.15) is 0 Å². The van der Waals surface area contributed by atoms with Gasteiger partial charge in [-0.05, 0) is 26.2 Å². The normalized spacial score (nSPS) is 24.2. The molecule has 0 bridgehead atoms. The van der Waals surface area contributed by atoms with Gasteiger partial charge in [0.25, 0.3) is 0 Å². The highest BCUT2D eigenvalue weighted by molar-refractivity contribution is 5.86. The molecule has 1 fully saturated rings. The fourth-order valence-electron chi connectivity index (χ4n) is 2.58. The fraction of sp³-hybridized carbons (Fsp3) is 0.750. The number of halogens is 3. The summed E-state index contributed by atoms with van der Waals surface area (Å²) < 4.78 is 40.8. The maximum absolute atomic E-state index is 12.4. The van der Waals surface area contributed by atoms with Gasteiger partial charge in [0, 0.05) is 0 Å². The number of hydrogen-bond donors (Lipinski definition) is 1. The van der Waals surface area contributed by atoms with Crippen LogP contribution in [0.1, 0.15) is 46.0 Å². The zero-order valence-corrected chi connectivity index (χ0v) is 13.3. The SMILES string of the molecule is C#C[C@@](C)(CC)NC(=O)[C@@H]1CCCC[C@@H]1C(=O)OCC(F)(F)F. The second kappa shape index (κ2) is 7.71. The van der Waals surface area contributed by atoms with Gasteiger partial charge in [-0.2, -0.15) is 13.2 Å². The van der Waals surface area contributed by atoms with Crippen LogP contribution in [0.2, 0.25) is 0 Å². The van der Waals surface area contributed by atoms with E-state index in [4.69, 9.17) is 6.42 Å². The summed E-state index contributed by atoms with van der Waals surface area (Å²) in [6.45, 7) is 1.87. The van der Waals surface area contributed by atoms with Crippen LogP contribution in [0.15, 0.2) is 0 Å². The van der Waals surface area contributed by atoms with Crippen LogP contribution in [0, 0.1) is 24.2 Å². The van der Waals surface area contributed by atoms with E-state index < -0.39 is 42.0 Å². The number of carbonyl (C=O) groups excluding carboxylic acids is 2. The number of hydrogen-bond acceptors (Lipinski definition) is 3. The Labute approximate surface area is 134 Å². The fourth-order valence-corrected chi connectivity index (χ4v) is 2.58. The lowest BCUT2D eigenvalue weighted by Gasteiger charge is -2.32. The van der Waals surface area contributed by atoms with Crippen molar-refractivity contribution in [3.05, 3.63) is 0 Å². The zero-order valence-electron chi connectivity index (χ0n) is 13.3. The second-order valence-electron chi connectivity index (χ2n) is 6.04. The number of carbonyl (C=O) groups is 2. The number of alkyl halides is 3. The highest BCUT2D eigenvalue weighted by atomic mass is 19.4. The largest absolute Gasteiger partial charge is 0.456 e. The molecule has 0 saturated heterocycles. The van der Waals surface area contributed by atoms with E-state index in [0.29, 0.717) is 25.7 Å². The third-order valence-corrected chi connectivity index (χ3v) is 4.21. The van der Waals surface area contributed by atoms with E-state index in [0.717, 1.165) is 6.42 Å². The number of rotatable bonds is 5. The van der Waals surface area contributed by atoms with Crippen molar-refractivity contribution in [2.75, 3.05) is 6.61 Å². The molecule has 0 radical (unpaired) electrons. The predicted molar refractivity (Wildman–Crippen MR) is 78.1 cm³/mol. The molecule has 0 aromatic rings. The lowest BCUT2D eigenvalue weighted by Crippen LogP contribution is -2.50. The van der Waals surface area contributed by atoms with E-state index in [-0.39, 0.29) is 0 Å². The van der Waals surface area contributed by atoms with Gasteiger partial charge < -0.3 is 10.1 Å². The minimum atomic E-state index is -4.58. The van der Waals surface area contributed by atoms with E-state index in [1.54, 1.807) is 6.92 Å². The Morgan fingerprint density at radius 1 is 1.26 bits per heavy atom. The topological polar surface area (TPSA) is 55.4 Å². The molecule has 0 heterocycles. The number of nitrogens with one attached hydrogen (secondary N) is 1. The summed E-state index contributed by atoms with van der Waals surface area (Å²) in [4.78, 5) is 24.3. The van der Waals surface area contributed by atoms with Gasteiger partial charge in [-0.15, -0.1) is 6.42 Å². The van der Waals surface area contributed by atoms with Crippen molar-refractivity contribution in [2.24, 2.45) is 11.8 Å². The molecule has 1 rings (SSSR count). The van der Waals surface area contributed by atoms with Gasteiger partial charge in [0.2, 0.25) is 5.91 Å². The summed E-state index contributed by atoms with van der Waals surface area (Å²) >= 11 is 0. The van der Waals surface area contributed by atoms with E-state index in [1.165, 1.54) is 0 Å². The van der Waals surface area contributed by atoms with Crippen LogP contribution in [0.5, 0.6) is 0 Å². The van der Waals surface area contributed by atoms with E-state index in [9.17, 15) is 22.8 Å². The third-order valence-electron chi connectivity index (χ3n) is 4.21. The van der Waals surface area contributed by atoms with Crippen molar-refractivity contribution in [3.63, 3.8) is 0 Å². The number of terminal acetylenes is 1. The minimum Gasteiger partial charge on any atom is -0.456 e. The first-order valence-corrected chi connectivity index (χ1v) is 7.65. The van der Waals surface area contributed by atoms with Crippen LogP contribution < -0.4 is 5.32 Å². The molecule has 0 spiro atoms. The van der Waals surface area contributed by atoms with Crippen LogP contribution in [0.25, 0.3) is 0 Å². The molecular weight excluding hydrogens is 311 g/mol. The summed E-state index contributed by atoms with van der Waals surface area (Å²) in [5, 5.41) is 2.71. The third kappa shape index (κ3) is 5.77. The molecule has 1 amide bonds. The van der Waals surface area contributed by atoms with Gasteiger partial charge in [0.05, 0.1) is 17.4 Å². The molecule has 1 saturated carbocycles. The van der Waals surface area contributed by atoms with Crippen LogP contribution in [-0.4, -0.2) is 30.2 Å². The number of esters is 1. The molecule has 1 aliphatic rings. The van der Waals surface area contributed by atoms with Crippen molar-refractivity contribution >= 4 is 11.9 Å². The Balaban J connectivity index is 2.76. The first-order chi connectivity index (χ1) is 10.6. The maximum atomic E-state index is 12.4. The Morgan fingerprint density at radius 2 is 1.83 bits per heavy atom. The molecule has 130 valence electrons. The van der Waals surface area contributed by atoms with Gasteiger partial charge in [0.15, 0.2) is 6.61 Å². The molecule has 0 unspecified atom stereocenters. The Kier molecular flexibility index (Phi) is 6.48.